The summed E-state index contributed by atoms with van der Waals surface area (Å²) in [6.07, 6.45) is 2.82. The van der Waals surface area contributed by atoms with Crippen molar-refractivity contribution in [1.29, 1.82) is 0 Å². The summed E-state index contributed by atoms with van der Waals surface area (Å²) in [7, 11) is 0. The number of carbonyl (C=O) groups is 1. The summed E-state index contributed by atoms with van der Waals surface area (Å²) in [6.45, 7) is 5.05. The Morgan fingerprint density at radius 2 is 2.12 bits per heavy atom. The number of benzene rings is 1. The number of nitrogens with zero attached hydrogens (tertiary/aromatic N) is 1. The van der Waals surface area contributed by atoms with Crippen LogP contribution in [0.3, 0.4) is 0 Å². The van der Waals surface area contributed by atoms with E-state index in [9.17, 15) is 4.79 Å². The van der Waals surface area contributed by atoms with Crippen LogP contribution >= 0.6 is 11.6 Å². The van der Waals surface area contributed by atoms with Gasteiger partial charge in [0.1, 0.15) is 5.15 Å². The van der Waals surface area contributed by atoms with Gasteiger partial charge in [0.25, 0.3) is 0 Å². The number of halogens is 1. The monoisotopic (exact) mass is 249 g/mol. The van der Waals surface area contributed by atoms with Gasteiger partial charge in [-0.15, -0.1) is 0 Å². The van der Waals surface area contributed by atoms with Gasteiger partial charge >= 0.3 is 0 Å². The summed E-state index contributed by atoms with van der Waals surface area (Å²) in [5.74, 6) is 0. The molecule has 3 heteroatoms. The molecule has 0 saturated carbocycles. The topological polar surface area (TPSA) is 22.0 Å². The van der Waals surface area contributed by atoms with Gasteiger partial charge in [-0.2, -0.15) is 0 Å². The van der Waals surface area contributed by atoms with Crippen LogP contribution in [-0.4, -0.2) is 10.9 Å². The van der Waals surface area contributed by atoms with E-state index in [4.69, 9.17) is 11.6 Å². The molecule has 0 saturated heterocycles. The van der Waals surface area contributed by atoms with Crippen LogP contribution < -0.4 is 0 Å². The molecule has 0 unspecified atom stereocenters. The Hall–Kier alpha value is -1.28. The fourth-order valence-corrected chi connectivity index (χ4v) is 2.49. The number of aldehydes is 1. The van der Waals surface area contributed by atoms with Crippen LogP contribution in [-0.2, 0) is 13.0 Å². The molecule has 1 heterocycles. The second kappa shape index (κ2) is 4.92. The molecule has 1 aromatic heterocycles. The van der Waals surface area contributed by atoms with Crippen LogP contribution in [0.2, 0.25) is 5.15 Å². The van der Waals surface area contributed by atoms with Gasteiger partial charge in [-0.1, -0.05) is 31.5 Å². The highest BCUT2D eigenvalue weighted by Gasteiger charge is 2.14. The van der Waals surface area contributed by atoms with E-state index >= 15 is 0 Å². The summed E-state index contributed by atoms with van der Waals surface area (Å²) >= 11 is 6.26. The molecule has 0 aliphatic carbocycles. The predicted molar refractivity (Wildman–Crippen MR) is 72.0 cm³/mol. The van der Waals surface area contributed by atoms with Crippen molar-refractivity contribution in [2.75, 3.05) is 0 Å². The largest absolute Gasteiger partial charge is 0.331 e. The molecule has 2 aromatic rings. The molecule has 2 nitrogen and oxygen atoms in total. The first-order valence-corrected chi connectivity index (χ1v) is 6.36. The first kappa shape index (κ1) is 12.2. The van der Waals surface area contributed by atoms with Crippen molar-refractivity contribution in [2.24, 2.45) is 0 Å². The van der Waals surface area contributed by atoms with Gasteiger partial charge < -0.3 is 4.57 Å². The van der Waals surface area contributed by atoms with E-state index in [2.05, 4.69) is 32.0 Å². The van der Waals surface area contributed by atoms with Crippen molar-refractivity contribution in [1.82, 2.24) is 4.57 Å². The van der Waals surface area contributed by atoms with Crippen molar-refractivity contribution < 1.29 is 4.79 Å². The van der Waals surface area contributed by atoms with Crippen LogP contribution in [0.5, 0.6) is 0 Å². The number of fused-ring (bicyclic) bond motifs is 1. The summed E-state index contributed by atoms with van der Waals surface area (Å²) in [5, 5.41) is 1.53. The van der Waals surface area contributed by atoms with Gasteiger partial charge in [-0.3, -0.25) is 4.79 Å². The Morgan fingerprint density at radius 1 is 1.35 bits per heavy atom. The first-order valence-electron chi connectivity index (χ1n) is 5.98. The minimum atomic E-state index is 0.560. The molecule has 0 bridgehead atoms. The highest BCUT2D eigenvalue weighted by molar-refractivity contribution is 6.34. The molecular formula is C14H16ClNO. The minimum Gasteiger partial charge on any atom is -0.331 e. The van der Waals surface area contributed by atoms with Crippen LogP contribution in [0, 0.1) is 0 Å². The Morgan fingerprint density at radius 3 is 2.71 bits per heavy atom. The van der Waals surface area contributed by atoms with Gasteiger partial charge in [0, 0.05) is 17.4 Å². The fraction of sp³-hybridized carbons (Fsp3) is 0.357. The third-order valence-electron chi connectivity index (χ3n) is 3.07. The maximum absolute atomic E-state index is 11.2. The molecule has 2 rings (SSSR count). The van der Waals surface area contributed by atoms with E-state index < -0.39 is 0 Å². The van der Waals surface area contributed by atoms with Crippen molar-refractivity contribution >= 4 is 28.8 Å². The summed E-state index contributed by atoms with van der Waals surface area (Å²) in [5.41, 5.74) is 2.90. The summed E-state index contributed by atoms with van der Waals surface area (Å²) in [4.78, 5) is 11.2. The quantitative estimate of drug-likeness (QED) is 0.749. The fourth-order valence-electron chi connectivity index (χ4n) is 2.17. The Bertz CT molecular complexity index is 557. The van der Waals surface area contributed by atoms with E-state index in [0.29, 0.717) is 10.7 Å². The minimum absolute atomic E-state index is 0.560. The molecule has 0 fully saturated rings. The number of aromatic nitrogens is 1. The number of hydrogen-bond donors (Lipinski definition) is 0. The van der Waals surface area contributed by atoms with E-state index in [1.165, 1.54) is 5.56 Å². The molecule has 0 radical (unpaired) electrons. The van der Waals surface area contributed by atoms with E-state index in [1.54, 1.807) is 0 Å². The van der Waals surface area contributed by atoms with Gasteiger partial charge in [0.2, 0.25) is 0 Å². The van der Waals surface area contributed by atoms with E-state index in [1.807, 2.05) is 4.57 Å². The number of hydrogen-bond acceptors (Lipinski definition) is 1. The number of aryl methyl sites for hydroxylation is 2. The van der Waals surface area contributed by atoms with Crippen LogP contribution in [0.1, 0.15) is 36.2 Å². The van der Waals surface area contributed by atoms with Crippen molar-refractivity contribution in [2.45, 2.75) is 33.2 Å². The lowest BCUT2D eigenvalue weighted by molar-refractivity contribution is 0.112. The zero-order valence-electron chi connectivity index (χ0n) is 10.2. The zero-order chi connectivity index (χ0) is 12.4. The predicted octanol–water partition coefficient (Wildman–Crippen LogP) is 4.08. The second-order valence-electron chi connectivity index (χ2n) is 4.18. The summed E-state index contributed by atoms with van der Waals surface area (Å²) < 4.78 is 2.01. The number of rotatable bonds is 4. The molecule has 17 heavy (non-hydrogen) atoms. The van der Waals surface area contributed by atoms with Gasteiger partial charge in [0.05, 0.1) is 5.56 Å². The molecule has 0 aliphatic rings. The third-order valence-corrected chi connectivity index (χ3v) is 3.48. The zero-order valence-corrected chi connectivity index (χ0v) is 10.9. The molecule has 90 valence electrons. The average Bonchev–Trinajstić information content (AvgIpc) is 2.62. The van der Waals surface area contributed by atoms with Crippen LogP contribution in [0.25, 0.3) is 10.9 Å². The van der Waals surface area contributed by atoms with Crippen LogP contribution in [0.15, 0.2) is 18.2 Å². The average molecular weight is 250 g/mol. The lowest BCUT2D eigenvalue weighted by atomic mass is 10.1. The molecule has 0 atom stereocenters. The highest BCUT2D eigenvalue weighted by atomic mass is 35.5. The standard InChI is InChI=1S/C14H16ClNO/c1-3-7-16-13-6-5-10(4-2)8-11(13)12(9-17)14(16)15/h5-6,8-9H,3-4,7H2,1-2H3. The molecule has 0 aliphatic heterocycles. The Balaban J connectivity index is 2.75. The SMILES string of the molecule is CCCn1c(Cl)c(C=O)c2cc(CC)ccc21. The molecule has 0 N–H and O–H groups in total. The van der Waals surface area contributed by atoms with E-state index in [-0.39, 0.29) is 0 Å². The van der Waals surface area contributed by atoms with E-state index in [0.717, 1.165) is 36.6 Å². The van der Waals surface area contributed by atoms with Gasteiger partial charge in [0.15, 0.2) is 6.29 Å². The normalized spacial score (nSPS) is 11.0. The lowest BCUT2D eigenvalue weighted by Crippen LogP contribution is -1.96. The molecular weight excluding hydrogens is 234 g/mol. The van der Waals surface area contributed by atoms with Gasteiger partial charge in [-0.05, 0) is 30.5 Å². The van der Waals surface area contributed by atoms with Gasteiger partial charge in [-0.25, -0.2) is 0 Å². The maximum atomic E-state index is 11.2. The Labute approximate surface area is 106 Å². The lowest BCUT2D eigenvalue weighted by Gasteiger charge is -2.04. The molecule has 0 amide bonds. The number of carbonyl (C=O) groups excluding carboxylic acids is 1. The molecule has 0 spiro atoms. The summed E-state index contributed by atoms with van der Waals surface area (Å²) in [6, 6.07) is 6.22. The Kier molecular flexibility index (Phi) is 3.53. The van der Waals surface area contributed by atoms with Crippen molar-refractivity contribution in [3.05, 3.63) is 34.5 Å². The smallest absolute Gasteiger partial charge is 0.153 e. The second-order valence-corrected chi connectivity index (χ2v) is 4.54. The third kappa shape index (κ3) is 1.98. The van der Waals surface area contributed by atoms with Crippen molar-refractivity contribution in [3.63, 3.8) is 0 Å². The van der Waals surface area contributed by atoms with Crippen LogP contribution in [0.4, 0.5) is 0 Å². The maximum Gasteiger partial charge on any atom is 0.153 e. The first-order chi connectivity index (χ1) is 8.22. The van der Waals surface area contributed by atoms with Crippen molar-refractivity contribution in [3.8, 4) is 0 Å². The highest BCUT2D eigenvalue weighted by Crippen LogP contribution is 2.30. The molecule has 1 aromatic carbocycles.